The first-order valence-corrected chi connectivity index (χ1v) is 9.17. The lowest BCUT2D eigenvalue weighted by atomic mass is 9.90. The highest BCUT2D eigenvalue weighted by atomic mass is 32.2. The highest BCUT2D eigenvalue weighted by molar-refractivity contribution is 7.91. The van der Waals surface area contributed by atoms with Crippen LogP contribution in [-0.4, -0.2) is 36.6 Å². The van der Waals surface area contributed by atoms with Crippen molar-refractivity contribution in [2.45, 2.75) is 44.6 Å². The third kappa shape index (κ3) is 2.88. The molecule has 0 amide bonds. The van der Waals surface area contributed by atoms with Crippen molar-refractivity contribution in [1.82, 2.24) is 15.5 Å². The zero-order chi connectivity index (χ0) is 14.2. The summed E-state index contributed by atoms with van der Waals surface area (Å²) in [5.74, 6) is 2.17. The Bertz CT molecular complexity index is 569. The molecule has 0 aliphatic carbocycles. The van der Waals surface area contributed by atoms with Crippen LogP contribution >= 0.6 is 0 Å². The first kappa shape index (κ1) is 14.0. The van der Waals surface area contributed by atoms with Gasteiger partial charge in [-0.3, -0.25) is 0 Å². The molecule has 0 radical (unpaired) electrons. The van der Waals surface area contributed by atoms with Crippen LogP contribution in [0.3, 0.4) is 0 Å². The maximum atomic E-state index is 11.5. The molecule has 1 N–H and O–H groups in total. The number of aromatic nitrogens is 2. The van der Waals surface area contributed by atoms with E-state index in [0.717, 1.165) is 13.0 Å². The number of hydrogen-bond donors (Lipinski definition) is 1. The van der Waals surface area contributed by atoms with Crippen LogP contribution in [0.2, 0.25) is 0 Å². The fraction of sp³-hybridized carbons (Fsp3) is 0.846. The molecule has 2 aliphatic heterocycles. The largest absolute Gasteiger partial charge is 0.338 e. The Morgan fingerprint density at radius 3 is 2.95 bits per heavy atom. The third-order valence-corrected chi connectivity index (χ3v) is 6.21. The monoisotopic (exact) mass is 299 g/mol. The van der Waals surface area contributed by atoms with Gasteiger partial charge in [-0.1, -0.05) is 18.5 Å². The molecule has 7 heteroatoms. The number of hydrogen-bond acceptors (Lipinski definition) is 6. The lowest BCUT2D eigenvalue weighted by Gasteiger charge is -2.27. The summed E-state index contributed by atoms with van der Waals surface area (Å²) in [7, 11) is -2.91. The minimum absolute atomic E-state index is 0.0944. The van der Waals surface area contributed by atoms with Crippen molar-refractivity contribution in [3.05, 3.63) is 11.7 Å². The molecule has 3 rings (SSSR count). The quantitative estimate of drug-likeness (QED) is 0.908. The van der Waals surface area contributed by atoms with Crippen LogP contribution in [0, 0.1) is 5.92 Å². The molecule has 0 bridgehead atoms. The van der Waals surface area contributed by atoms with Crippen molar-refractivity contribution in [2.24, 2.45) is 5.92 Å². The molecule has 3 atom stereocenters. The third-order valence-electron chi connectivity index (χ3n) is 4.44. The molecule has 1 aromatic rings. The van der Waals surface area contributed by atoms with E-state index in [-0.39, 0.29) is 23.5 Å². The van der Waals surface area contributed by atoms with Gasteiger partial charge in [0, 0.05) is 5.92 Å². The van der Waals surface area contributed by atoms with E-state index in [0.29, 0.717) is 24.1 Å². The molecule has 6 nitrogen and oxygen atoms in total. The minimum atomic E-state index is -2.91. The fourth-order valence-electron chi connectivity index (χ4n) is 3.11. The van der Waals surface area contributed by atoms with Gasteiger partial charge in [-0.15, -0.1) is 0 Å². The average Bonchev–Trinajstić information content (AvgIpc) is 3.05. The van der Waals surface area contributed by atoms with E-state index in [1.807, 2.05) is 0 Å². The Labute approximate surface area is 119 Å². The van der Waals surface area contributed by atoms with Gasteiger partial charge in [0.2, 0.25) is 5.89 Å². The van der Waals surface area contributed by atoms with E-state index in [1.165, 1.54) is 12.8 Å². The molecule has 0 spiro atoms. The van der Waals surface area contributed by atoms with E-state index >= 15 is 0 Å². The van der Waals surface area contributed by atoms with E-state index in [1.54, 1.807) is 0 Å². The molecule has 112 valence electrons. The van der Waals surface area contributed by atoms with Gasteiger partial charge < -0.3 is 9.84 Å². The van der Waals surface area contributed by atoms with E-state index in [9.17, 15) is 8.42 Å². The number of sulfone groups is 1. The first-order chi connectivity index (χ1) is 9.57. The van der Waals surface area contributed by atoms with Gasteiger partial charge in [0.05, 0.1) is 17.5 Å². The molecule has 0 saturated carbocycles. The highest BCUT2D eigenvalue weighted by Crippen LogP contribution is 2.31. The van der Waals surface area contributed by atoms with Crippen molar-refractivity contribution in [2.75, 3.05) is 18.1 Å². The lowest BCUT2D eigenvalue weighted by Crippen LogP contribution is -2.31. The summed E-state index contributed by atoms with van der Waals surface area (Å²) in [6.45, 7) is 3.17. The van der Waals surface area contributed by atoms with Crippen LogP contribution < -0.4 is 5.32 Å². The van der Waals surface area contributed by atoms with E-state index in [2.05, 4.69) is 22.4 Å². The lowest BCUT2D eigenvalue weighted by molar-refractivity contribution is 0.245. The summed E-state index contributed by atoms with van der Waals surface area (Å²) < 4.78 is 28.4. The second-order valence-electron chi connectivity index (χ2n) is 5.90. The first-order valence-electron chi connectivity index (χ1n) is 7.34. The molecule has 2 aliphatic rings. The molecule has 2 saturated heterocycles. The van der Waals surface area contributed by atoms with Crippen LogP contribution in [0.4, 0.5) is 0 Å². The Balaban J connectivity index is 1.71. The zero-order valence-corrected chi connectivity index (χ0v) is 12.5. The van der Waals surface area contributed by atoms with Gasteiger partial charge in [-0.2, -0.15) is 4.98 Å². The number of piperidine rings is 1. The maximum Gasteiger partial charge on any atom is 0.243 e. The predicted octanol–water partition coefficient (Wildman–Crippen LogP) is 1.42. The van der Waals surface area contributed by atoms with Crippen LogP contribution in [0.15, 0.2) is 4.52 Å². The summed E-state index contributed by atoms with van der Waals surface area (Å²) in [5, 5.41) is 7.40. The van der Waals surface area contributed by atoms with Crippen molar-refractivity contribution >= 4 is 9.84 Å². The number of rotatable bonds is 3. The van der Waals surface area contributed by atoms with Crippen LogP contribution in [-0.2, 0) is 9.84 Å². The highest BCUT2D eigenvalue weighted by Gasteiger charge is 2.33. The SMILES string of the molecule is CCC1CCNC(c2nc(C3CCS(=O)(=O)C3)no2)C1. The number of nitrogens with one attached hydrogen (secondary N) is 1. The van der Waals surface area contributed by atoms with Crippen molar-refractivity contribution in [3.63, 3.8) is 0 Å². The second kappa shape index (κ2) is 5.44. The van der Waals surface area contributed by atoms with Crippen molar-refractivity contribution in [1.29, 1.82) is 0 Å². The van der Waals surface area contributed by atoms with Gasteiger partial charge in [0.1, 0.15) is 0 Å². The van der Waals surface area contributed by atoms with Gasteiger partial charge >= 0.3 is 0 Å². The Morgan fingerprint density at radius 2 is 2.25 bits per heavy atom. The standard InChI is InChI=1S/C13H21N3O3S/c1-2-9-3-5-14-11(7-9)13-15-12(16-19-13)10-4-6-20(17,18)8-10/h9-11,14H,2-8H2,1H3. The summed E-state index contributed by atoms with van der Waals surface area (Å²) >= 11 is 0. The zero-order valence-electron chi connectivity index (χ0n) is 11.7. The topological polar surface area (TPSA) is 85.1 Å². The fourth-order valence-corrected chi connectivity index (χ4v) is 4.85. The second-order valence-corrected chi connectivity index (χ2v) is 8.12. The Morgan fingerprint density at radius 1 is 1.40 bits per heavy atom. The van der Waals surface area contributed by atoms with Gasteiger partial charge in [-0.25, -0.2) is 8.42 Å². The molecule has 20 heavy (non-hydrogen) atoms. The van der Waals surface area contributed by atoms with Crippen molar-refractivity contribution in [3.8, 4) is 0 Å². The molecular formula is C13H21N3O3S. The molecule has 3 heterocycles. The van der Waals surface area contributed by atoms with Crippen LogP contribution in [0.1, 0.15) is 56.3 Å². The number of nitrogens with zero attached hydrogens (tertiary/aromatic N) is 2. The van der Waals surface area contributed by atoms with E-state index in [4.69, 9.17) is 4.52 Å². The minimum Gasteiger partial charge on any atom is -0.338 e. The van der Waals surface area contributed by atoms with Gasteiger partial charge in [0.25, 0.3) is 0 Å². The molecule has 3 unspecified atom stereocenters. The maximum absolute atomic E-state index is 11.5. The molecule has 0 aromatic carbocycles. The predicted molar refractivity (Wildman–Crippen MR) is 74.1 cm³/mol. The summed E-state index contributed by atoms with van der Waals surface area (Å²) in [6, 6.07) is 0.118. The van der Waals surface area contributed by atoms with E-state index < -0.39 is 9.84 Å². The normalized spacial score (nSPS) is 33.4. The summed E-state index contributed by atoms with van der Waals surface area (Å²) in [5.41, 5.74) is 0. The Kier molecular flexibility index (Phi) is 3.81. The van der Waals surface area contributed by atoms with Crippen LogP contribution in [0.5, 0.6) is 0 Å². The smallest absolute Gasteiger partial charge is 0.243 e. The summed E-state index contributed by atoms with van der Waals surface area (Å²) in [6.07, 6.45) is 3.98. The Hall–Kier alpha value is -0.950. The van der Waals surface area contributed by atoms with Crippen LogP contribution in [0.25, 0.3) is 0 Å². The molecule has 2 fully saturated rings. The molecule has 1 aromatic heterocycles. The van der Waals surface area contributed by atoms with Crippen molar-refractivity contribution < 1.29 is 12.9 Å². The molecular weight excluding hydrogens is 278 g/mol. The van der Waals surface area contributed by atoms with Gasteiger partial charge in [0.15, 0.2) is 15.7 Å². The summed E-state index contributed by atoms with van der Waals surface area (Å²) in [4.78, 5) is 4.45. The van der Waals surface area contributed by atoms with Gasteiger partial charge in [-0.05, 0) is 31.7 Å². The average molecular weight is 299 g/mol.